The number of halogens is 2. The van der Waals surface area contributed by atoms with Crippen LogP contribution in [-0.2, 0) is 17.0 Å². The molecule has 0 spiro atoms. The molecule has 2 rings (SSSR count). The zero-order chi connectivity index (χ0) is 16.1. The average molecular weight is 400 g/mol. The molecule has 2 fully saturated rings. The third-order valence-electron chi connectivity index (χ3n) is 5.44. The molecular weight excluding hydrogens is 365 g/mol. The van der Waals surface area contributed by atoms with Crippen LogP contribution in [0.4, 0.5) is 0 Å². The molecule has 4 atom stereocenters. The molecule has 0 radical (unpaired) electrons. The molecule has 0 aromatic carbocycles. The fraction of sp³-hybridized carbons (Fsp3) is 0.941. The molecule has 2 aliphatic carbocycles. The normalized spacial score (nSPS) is 30.2. The summed E-state index contributed by atoms with van der Waals surface area (Å²) in [4.78, 5) is 5.37. The Bertz CT molecular complexity index is 312. The van der Waals surface area contributed by atoms with E-state index < -0.39 is 25.3 Å². The van der Waals surface area contributed by atoms with Crippen LogP contribution in [0.3, 0.4) is 0 Å². The van der Waals surface area contributed by atoms with Gasteiger partial charge in [-0.3, -0.25) is 0 Å². The first kappa shape index (κ1) is 23.5. The van der Waals surface area contributed by atoms with Gasteiger partial charge in [-0.1, -0.05) is 92.6 Å². The van der Waals surface area contributed by atoms with Crippen molar-refractivity contribution >= 4 is 26.8 Å². The van der Waals surface area contributed by atoms with Gasteiger partial charge in [0, 0.05) is 0 Å². The van der Waals surface area contributed by atoms with Crippen molar-refractivity contribution in [3.05, 3.63) is 12.4 Å². The third kappa shape index (κ3) is 6.76. The van der Waals surface area contributed by atoms with Gasteiger partial charge in [0.25, 0.3) is 0 Å². The van der Waals surface area contributed by atoms with Crippen LogP contribution in [0.15, 0.2) is 0 Å². The maximum atomic E-state index is 5.37. The number of nitrogens with zero attached hydrogens (tertiary/aromatic N) is 1. The maximum absolute atomic E-state index is 5.37. The second-order valence-electron chi connectivity index (χ2n) is 7.96. The van der Waals surface area contributed by atoms with Crippen LogP contribution in [0.25, 0.3) is 4.98 Å². The zero-order valence-electron chi connectivity index (χ0n) is 15.4. The van der Waals surface area contributed by atoms with E-state index in [1.165, 1.54) is 44.6 Å². The van der Waals surface area contributed by atoms with E-state index in [-0.39, 0.29) is 13.0 Å². The van der Waals surface area contributed by atoms with Gasteiger partial charge in [-0.2, -0.15) is 0 Å². The predicted molar refractivity (Wildman–Crippen MR) is 102 cm³/mol. The van der Waals surface area contributed by atoms with Crippen molar-refractivity contribution in [3.63, 3.8) is 0 Å². The average Bonchev–Trinajstić information content (AvgIpc) is 2.82. The van der Waals surface area contributed by atoms with E-state index in [9.17, 15) is 0 Å². The molecule has 4 unspecified atom stereocenters. The molecule has 0 aromatic rings. The number of rotatable bonds is 3. The van der Waals surface area contributed by atoms with Crippen LogP contribution < -0.4 is 0 Å². The molecule has 0 N–H and O–H groups in total. The first-order valence-corrected chi connectivity index (χ1v) is 15.5. The van der Waals surface area contributed by atoms with E-state index in [0.717, 1.165) is 17.4 Å². The van der Waals surface area contributed by atoms with E-state index >= 15 is 0 Å². The van der Waals surface area contributed by atoms with E-state index in [4.69, 9.17) is 23.6 Å². The quantitative estimate of drug-likeness (QED) is 0.343. The summed E-state index contributed by atoms with van der Waals surface area (Å²) in [6.45, 7) is 11.8. The minimum atomic E-state index is -1.41. The summed E-state index contributed by atoms with van der Waals surface area (Å²) in [5.41, 5.74) is 1.16. The second-order valence-corrected chi connectivity index (χ2v) is 14.9. The van der Waals surface area contributed by atoms with Crippen molar-refractivity contribution < 1.29 is 17.0 Å². The molecule has 22 heavy (non-hydrogen) atoms. The Morgan fingerprint density at radius 1 is 1.09 bits per heavy atom. The number of hydrogen-bond acceptors (Lipinski definition) is 0. The molecule has 0 bridgehead atoms. The van der Waals surface area contributed by atoms with Gasteiger partial charge in [0.1, 0.15) is 0 Å². The summed E-state index contributed by atoms with van der Waals surface area (Å²) in [7, 11) is 8.37. The zero-order valence-corrected chi connectivity index (χ0v) is 19.5. The molecule has 0 saturated heterocycles. The molecule has 0 aromatic heterocycles. The van der Waals surface area contributed by atoms with Crippen molar-refractivity contribution in [1.29, 1.82) is 0 Å². The van der Waals surface area contributed by atoms with Gasteiger partial charge in [0.2, 0.25) is 0 Å². The summed E-state index contributed by atoms with van der Waals surface area (Å²) >= 11 is -0.556. The molecule has 0 aliphatic heterocycles. The summed E-state index contributed by atoms with van der Waals surface area (Å²) in [5, 5.41) is 0. The van der Waals surface area contributed by atoms with E-state index in [0.29, 0.717) is 0 Å². The van der Waals surface area contributed by atoms with Gasteiger partial charge < -0.3 is 12.4 Å². The summed E-state index contributed by atoms with van der Waals surface area (Å²) in [5.74, 6) is 2.11. The monoisotopic (exact) mass is 399 g/mol. The first-order chi connectivity index (χ1) is 9.77. The Labute approximate surface area is 157 Å². The van der Waals surface area contributed by atoms with Gasteiger partial charge in [-0.15, -0.1) is 5.54 Å². The van der Waals surface area contributed by atoms with Crippen molar-refractivity contribution in [2.24, 2.45) is 11.8 Å². The Hall–Kier alpha value is 1.47. The van der Waals surface area contributed by atoms with Gasteiger partial charge in [0.15, 0.2) is 0 Å². The molecule has 0 amide bonds. The third-order valence-corrected chi connectivity index (χ3v) is 10.4. The molecule has 2 aliphatic rings. The van der Waals surface area contributed by atoms with Crippen LogP contribution >= 0.6 is 18.6 Å². The second kappa shape index (κ2) is 10.5. The minimum absolute atomic E-state index is 0. The van der Waals surface area contributed by atoms with E-state index in [2.05, 4.69) is 34.2 Å². The summed E-state index contributed by atoms with van der Waals surface area (Å²) in [6.07, 6.45) is 9.02. The van der Waals surface area contributed by atoms with Gasteiger partial charge in [0.05, 0.1) is 0 Å². The Kier molecular flexibility index (Phi) is 11.2. The van der Waals surface area contributed by atoms with Crippen molar-refractivity contribution in [2.45, 2.75) is 89.9 Å². The summed E-state index contributed by atoms with van der Waals surface area (Å²) < 4.78 is 0. The molecule has 0 heterocycles. The number of hydrogen-bond donors (Lipinski definition) is 0. The fourth-order valence-electron chi connectivity index (χ4n) is 4.69. The van der Waals surface area contributed by atoms with Crippen molar-refractivity contribution in [3.8, 4) is 0 Å². The van der Waals surface area contributed by atoms with Crippen LogP contribution in [-0.4, -0.2) is 13.8 Å². The van der Waals surface area contributed by atoms with Crippen LogP contribution in [0, 0.1) is 19.3 Å². The van der Waals surface area contributed by atoms with Crippen molar-refractivity contribution in [2.75, 3.05) is 0 Å². The van der Waals surface area contributed by atoms with Crippen LogP contribution in [0.1, 0.15) is 66.2 Å². The molecule has 132 valence electrons. The Morgan fingerprint density at radius 2 is 1.64 bits per heavy atom. The molecular formula is C17H35Cl2NSiTi-2. The summed E-state index contributed by atoms with van der Waals surface area (Å²) in [6, 6.07) is 1.35. The van der Waals surface area contributed by atoms with Crippen LogP contribution in [0.2, 0.25) is 18.1 Å². The Balaban J connectivity index is 0.00000102. The standard InChI is InChI=1S/C16H32NSi.CH3.2ClH.Ti/c1-6-18(5,17-16(2,3)4)15-12-11-13-9-7-8-10-14(13)15;;;;/h13-15H,6-12H2,1-5H3;1H3;2*1H;/q2*-1;;;+2/p-2. The Morgan fingerprint density at radius 3 is 2.14 bits per heavy atom. The predicted octanol–water partition coefficient (Wildman–Crippen LogP) is 7.55. The molecule has 5 heteroatoms. The van der Waals surface area contributed by atoms with Crippen molar-refractivity contribution in [1.82, 2.24) is 0 Å². The van der Waals surface area contributed by atoms with E-state index in [1.54, 1.807) is 0 Å². The number of fused-ring (bicyclic) bond motifs is 1. The fourth-order valence-corrected chi connectivity index (χ4v) is 9.23. The van der Waals surface area contributed by atoms with Gasteiger partial charge in [-0.05, 0) is 11.8 Å². The van der Waals surface area contributed by atoms with E-state index in [1.807, 2.05) is 0 Å². The first-order valence-electron chi connectivity index (χ1n) is 8.47. The van der Waals surface area contributed by atoms with Gasteiger partial charge in [-0.25, -0.2) is 0 Å². The molecule has 1 nitrogen and oxygen atoms in total. The van der Waals surface area contributed by atoms with Crippen LogP contribution in [0.5, 0.6) is 0 Å². The molecule has 2 saturated carbocycles. The van der Waals surface area contributed by atoms with Gasteiger partial charge >= 0.3 is 35.6 Å². The SMILES string of the molecule is CC[Si](C)([N-]C(C)(C)C)C1CCC2CCCCC21.[CH3-].[Cl][Ti][Cl]. The topological polar surface area (TPSA) is 14.1 Å².